The minimum Gasteiger partial charge on any atom is -0.444 e. The lowest BCUT2D eigenvalue weighted by Gasteiger charge is -2.18. The number of oxazole rings is 1. The van der Waals surface area contributed by atoms with E-state index in [-0.39, 0.29) is 4.90 Å². The third-order valence-electron chi connectivity index (χ3n) is 4.58. The predicted octanol–water partition coefficient (Wildman–Crippen LogP) is 4.68. The summed E-state index contributed by atoms with van der Waals surface area (Å²) in [7, 11) is -3.49. The molecule has 0 N–H and O–H groups in total. The van der Waals surface area contributed by atoms with Crippen molar-refractivity contribution in [1.29, 1.82) is 0 Å². The van der Waals surface area contributed by atoms with Crippen molar-refractivity contribution in [2.75, 3.05) is 13.1 Å². The zero-order valence-corrected chi connectivity index (χ0v) is 18.7. The van der Waals surface area contributed by atoms with Crippen LogP contribution >= 0.6 is 11.8 Å². The minimum absolute atomic E-state index is 0.212. The van der Waals surface area contributed by atoms with Crippen LogP contribution in [-0.4, -0.2) is 35.8 Å². The summed E-state index contributed by atoms with van der Waals surface area (Å²) in [6.45, 7) is 8.61. The molecule has 0 aliphatic carbocycles. The topological polar surface area (TPSA) is 76.3 Å². The molecule has 0 spiro atoms. The molecule has 0 saturated carbocycles. The Morgan fingerprint density at radius 1 is 1.10 bits per heavy atom. The number of hydrogen-bond donors (Lipinski definition) is 0. The van der Waals surface area contributed by atoms with Crippen LogP contribution in [0.25, 0.3) is 11.5 Å². The molecule has 3 aromatic rings. The van der Waals surface area contributed by atoms with E-state index in [0.29, 0.717) is 24.7 Å². The summed E-state index contributed by atoms with van der Waals surface area (Å²) in [5.74, 6) is 1.19. The van der Waals surface area contributed by atoms with Crippen LogP contribution in [0.15, 0.2) is 57.1 Å². The second-order valence-corrected chi connectivity index (χ2v) is 9.61. The lowest BCUT2D eigenvalue weighted by molar-refractivity contribution is 0.445. The summed E-state index contributed by atoms with van der Waals surface area (Å²) < 4.78 is 32.1. The molecular formula is C21H25N3O3S2. The van der Waals surface area contributed by atoms with Gasteiger partial charge in [-0.2, -0.15) is 4.31 Å². The smallest absolute Gasteiger partial charge is 0.244 e. The number of pyridine rings is 1. The van der Waals surface area contributed by atoms with Crippen molar-refractivity contribution < 1.29 is 12.8 Å². The molecule has 0 bridgehead atoms. The molecule has 2 heterocycles. The summed E-state index contributed by atoms with van der Waals surface area (Å²) in [6.07, 6.45) is 3.07. The standard InChI is InChI=1S/C21H25N3O3S2/c1-5-24(6-2)29(25,26)18-8-10-20(22-12-18)28-14-17-13-27-21(23-17)19-9-7-15(3)11-16(19)4/h7-13H,5-6,14H2,1-4H3. The van der Waals surface area contributed by atoms with Crippen LogP contribution in [-0.2, 0) is 15.8 Å². The fraction of sp³-hybridized carbons (Fsp3) is 0.333. The first-order valence-electron chi connectivity index (χ1n) is 9.46. The van der Waals surface area contributed by atoms with Crippen LogP contribution in [0.3, 0.4) is 0 Å². The highest BCUT2D eigenvalue weighted by Crippen LogP contribution is 2.27. The van der Waals surface area contributed by atoms with E-state index in [0.717, 1.165) is 21.8 Å². The molecule has 2 aromatic heterocycles. The van der Waals surface area contributed by atoms with Crippen molar-refractivity contribution >= 4 is 21.8 Å². The molecule has 3 rings (SSSR count). The van der Waals surface area contributed by atoms with Gasteiger partial charge in [0.25, 0.3) is 0 Å². The van der Waals surface area contributed by atoms with Crippen molar-refractivity contribution in [2.24, 2.45) is 0 Å². The van der Waals surface area contributed by atoms with Gasteiger partial charge in [-0.25, -0.2) is 18.4 Å². The van der Waals surface area contributed by atoms with E-state index >= 15 is 0 Å². The maximum absolute atomic E-state index is 12.5. The van der Waals surface area contributed by atoms with Gasteiger partial charge in [0, 0.05) is 30.6 Å². The molecule has 0 atom stereocenters. The lowest BCUT2D eigenvalue weighted by Crippen LogP contribution is -2.30. The number of hydrogen-bond acceptors (Lipinski definition) is 6. The highest BCUT2D eigenvalue weighted by atomic mass is 32.2. The zero-order valence-electron chi connectivity index (χ0n) is 17.0. The van der Waals surface area contributed by atoms with Gasteiger partial charge in [0.15, 0.2) is 0 Å². The van der Waals surface area contributed by atoms with Crippen LogP contribution in [0.2, 0.25) is 0 Å². The number of thioether (sulfide) groups is 1. The molecule has 8 heteroatoms. The van der Waals surface area contributed by atoms with Crippen molar-refractivity contribution in [2.45, 2.75) is 43.4 Å². The molecule has 154 valence electrons. The Kier molecular flexibility index (Phi) is 6.77. The highest BCUT2D eigenvalue weighted by Gasteiger charge is 2.21. The zero-order chi connectivity index (χ0) is 21.0. The Morgan fingerprint density at radius 3 is 2.48 bits per heavy atom. The third kappa shape index (κ3) is 4.88. The molecule has 29 heavy (non-hydrogen) atoms. The number of sulfonamides is 1. The first-order chi connectivity index (χ1) is 13.8. The number of benzene rings is 1. The van der Waals surface area contributed by atoms with Gasteiger partial charge in [0.05, 0.1) is 10.7 Å². The third-order valence-corrected chi connectivity index (χ3v) is 7.60. The van der Waals surface area contributed by atoms with Gasteiger partial charge in [-0.1, -0.05) is 43.3 Å². The fourth-order valence-corrected chi connectivity index (χ4v) is 5.14. The first-order valence-corrected chi connectivity index (χ1v) is 11.9. The molecule has 6 nitrogen and oxygen atoms in total. The molecule has 0 saturated heterocycles. The minimum atomic E-state index is -3.49. The summed E-state index contributed by atoms with van der Waals surface area (Å²) in [6, 6.07) is 9.49. The number of aryl methyl sites for hydroxylation is 2. The normalized spacial score (nSPS) is 11.9. The average molecular weight is 432 g/mol. The van der Waals surface area contributed by atoms with E-state index < -0.39 is 10.0 Å². The van der Waals surface area contributed by atoms with Crippen molar-refractivity contribution in [3.8, 4) is 11.5 Å². The molecule has 0 aliphatic heterocycles. The Labute approximate surface area is 176 Å². The Morgan fingerprint density at radius 2 is 1.86 bits per heavy atom. The van der Waals surface area contributed by atoms with Gasteiger partial charge in [-0.3, -0.25) is 0 Å². The van der Waals surface area contributed by atoms with E-state index in [9.17, 15) is 8.42 Å². The van der Waals surface area contributed by atoms with Gasteiger partial charge >= 0.3 is 0 Å². The average Bonchev–Trinajstić information content (AvgIpc) is 3.16. The fourth-order valence-electron chi connectivity index (χ4n) is 3.02. The number of nitrogens with zero attached hydrogens (tertiary/aromatic N) is 3. The molecule has 0 aliphatic rings. The van der Waals surface area contributed by atoms with Crippen molar-refractivity contribution in [3.05, 3.63) is 59.6 Å². The van der Waals surface area contributed by atoms with Crippen LogP contribution in [0, 0.1) is 13.8 Å². The maximum atomic E-state index is 12.5. The van der Waals surface area contributed by atoms with Crippen LogP contribution in [0.5, 0.6) is 0 Å². The van der Waals surface area contributed by atoms with Crippen molar-refractivity contribution in [3.63, 3.8) is 0 Å². The van der Waals surface area contributed by atoms with Gasteiger partial charge < -0.3 is 4.42 Å². The highest BCUT2D eigenvalue weighted by molar-refractivity contribution is 7.98. The largest absolute Gasteiger partial charge is 0.444 e. The summed E-state index contributed by atoms with van der Waals surface area (Å²) >= 11 is 1.49. The maximum Gasteiger partial charge on any atom is 0.244 e. The second-order valence-electron chi connectivity index (χ2n) is 6.67. The molecular weight excluding hydrogens is 406 g/mol. The molecule has 0 amide bonds. The Hall–Kier alpha value is -2.16. The lowest BCUT2D eigenvalue weighted by atomic mass is 10.1. The van der Waals surface area contributed by atoms with Crippen LogP contribution < -0.4 is 0 Å². The van der Waals surface area contributed by atoms with E-state index in [4.69, 9.17) is 4.42 Å². The summed E-state index contributed by atoms with van der Waals surface area (Å²) in [4.78, 5) is 9.08. The quantitative estimate of drug-likeness (QED) is 0.482. The molecule has 0 radical (unpaired) electrons. The first kappa shape index (κ1) is 21.5. The van der Waals surface area contributed by atoms with Crippen LogP contribution in [0.4, 0.5) is 0 Å². The Balaban J connectivity index is 1.67. The number of aromatic nitrogens is 2. The van der Waals surface area contributed by atoms with E-state index in [1.54, 1.807) is 18.4 Å². The Bertz CT molecular complexity index is 1070. The second kappa shape index (κ2) is 9.11. The van der Waals surface area contributed by atoms with E-state index in [1.165, 1.54) is 27.8 Å². The van der Waals surface area contributed by atoms with Crippen molar-refractivity contribution in [1.82, 2.24) is 14.3 Å². The number of rotatable bonds is 8. The SMILES string of the molecule is CCN(CC)S(=O)(=O)c1ccc(SCc2coc(-c3ccc(C)cc3C)n2)nc1. The van der Waals surface area contributed by atoms with E-state index in [2.05, 4.69) is 23.0 Å². The predicted molar refractivity (Wildman–Crippen MR) is 115 cm³/mol. The van der Waals surface area contributed by atoms with Gasteiger partial charge in [-0.05, 0) is 37.6 Å². The molecule has 1 aromatic carbocycles. The molecule has 0 unspecified atom stereocenters. The van der Waals surface area contributed by atoms with Crippen LogP contribution in [0.1, 0.15) is 30.7 Å². The van der Waals surface area contributed by atoms with Gasteiger partial charge in [-0.15, -0.1) is 0 Å². The summed E-state index contributed by atoms with van der Waals surface area (Å²) in [5.41, 5.74) is 4.12. The van der Waals surface area contributed by atoms with E-state index in [1.807, 2.05) is 32.9 Å². The monoisotopic (exact) mass is 431 g/mol. The summed E-state index contributed by atoms with van der Waals surface area (Å²) in [5, 5.41) is 0.736. The van der Waals surface area contributed by atoms with Gasteiger partial charge in [0.1, 0.15) is 11.2 Å². The van der Waals surface area contributed by atoms with Gasteiger partial charge in [0.2, 0.25) is 15.9 Å². The molecule has 0 fully saturated rings.